The van der Waals surface area contributed by atoms with Crippen molar-refractivity contribution >= 4 is 52.5 Å². The number of carboxylic acid groups (broad SMARTS) is 2. The molecule has 1 aromatic carbocycles. The van der Waals surface area contributed by atoms with Crippen LogP contribution in [0.3, 0.4) is 0 Å². The second-order valence-electron chi connectivity index (χ2n) is 10.1. The molecule has 3 aromatic rings. The number of rotatable bonds is 15. The molecular weight excluding hydrogens is 635 g/mol. The minimum Gasteiger partial charge on any atom is -0.480 e. The highest BCUT2D eigenvalue weighted by Gasteiger charge is 2.43. The summed E-state index contributed by atoms with van der Waals surface area (Å²) in [5.41, 5.74) is 8.75. The quantitative estimate of drug-likeness (QED) is 0.106. The van der Waals surface area contributed by atoms with Gasteiger partial charge in [0.15, 0.2) is 11.2 Å². The number of nitrogens with one attached hydrogen (secondary N) is 3. The van der Waals surface area contributed by atoms with Crippen LogP contribution in [0.25, 0.3) is 11.2 Å². The highest BCUT2D eigenvalue weighted by Crippen LogP contribution is 2.26. The van der Waals surface area contributed by atoms with Crippen molar-refractivity contribution in [2.75, 3.05) is 17.2 Å². The Hall–Kier alpha value is -5.66. The van der Waals surface area contributed by atoms with E-state index in [-0.39, 0.29) is 45.4 Å². The first kappa shape index (κ1) is 35.8. The van der Waals surface area contributed by atoms with Gasteiger partial charge in [-0.2, -0.15) is 18.2 Å². The van der Waals surface area contributed by atoms with Gasteiger partial charge in [0.1, 0.15) is 12.1 Å². The van der Waals surface area contributed by atoms with Gasteiger partial charge in [-0.3, -0.25) is 29.1 Å². The lowest BCUT2D eigenvalue weighted by Crippen LogP contribution is -2.44. The molecule has 2 atom stereocenters. The third-order valence-corrected chi connectivity index (χ3v) is 6.58. The van der Waals surface area contributed by atoms with E-state index in [0.29, 0.717) is 19.4 Å². The van der Waals surface area contributed by atoms with Gasteiger partial charge in [0, 0.05) is 17.7 Å². The number of alkyl halides is 3. The number of nitrogens with zero attached hydrogens (tertiary/aromatic N) is 4. The van der Waals surface area contributed by atoms with Gasteiger partial charge in [-0.05, 0) is 56.5 Å². The van der Waals surface area contributed by atoms with Crippen molar-refractivity contribution in [3.05, 3.63) is 52.1 Å². The average Bonchev–Trinajstić information content (AvgIpc) is 3.00. The van der Waals surface area contributed by atoms with Crippen LogP contribution < -0.4 is 32.6 Å². The summed E-state index contributed by atoms with van der Waals surface area (Å²) in [5.74, 6) is -7.06. The van der Waals surface area contributed by atoms with Gasteiger partial charge in [-0.15, -0.1) is 0 Å². The van der Waals surface area contributed by atoms with Gasteiger partial charge in [-0.25, -0.2) is 19.6 Å². The highest BCUT2D eigenvalue weighted by atomic mass is 19.4. The highest BCUT2D eigenvalue weighted by molar-refractivity contribution is 5.99. The zero-order valence-electron chi connectivity index (χ0n) is 24.4. The Morgan fingerprint density at radius 3 is 2.19 bits per heavy atom. The van der Waals surface area contributed by atoms with E-state index in [4.69, 9.17) is 11.5 Å². The minimum absolute atomic E-state index is 0.113. The largest absolute Gasteiger partial charge is 0.480 e. The zero-order chi connectivity index (χ0) is 34.9. The van der Waals surface area contributed by atoms with E-state index in [1.807, 2.05) is 0 Å². The lowest BCUT2D eigenvalue weighted by molar-refractivity contribution is -0.170. The van der Waals surface area contributed by atoms with E-state index in [0.717, 1.165) is 30.5 Å². The number of amides is 3. The number of anilines is 2. The summed E-state index contributed by atoms with van der Waals surface area (Å²) in [6, 6.07) is 1.28. The first-order valence-electron chi connectivity index (χ1n) is 13.9. The molecule has 0 radical (unpaired) electrons. The van der Waals surface area contributed by atoms with Crippen LogP contribution in [-0.2, 0) is 25.7 Å². The number of H-pyrrole nitrogens is 1. The van der Waals surface area contributed by atoms with Crippen LogP contribution in [0.15, 0.2) is 35.3 Å². The van der Waals surface area contributed by atoms with Crippen LogP contribution in [0, 0.1) is 0 Å². The van der Waals surface area contributed by atoms with Crippen molar-refractivity contribution in [2.24, 2.45) is 5.73 Å². The molecule has 2 aromatic heterocycles. The number of carbonyl (C=O) groups is 5. The van der Waals surface area contributed by atoms with Crippen molar-refractivity contribution in [1.82, 2.24) is 30.6 Å². The molecule has 3 rings (SSSR count). The monoisotopic (exact) mass is 665 g/mol. The Morgan fingerprint density at radius 1 is 0.957 bits per heavy atom. The van der Waals surface area contributed by atoms with E-state index < -0.39 is 72.9 Å². The van der Waals surface area contributed by atoms with Crippen molar-refractivity contribution in [3.63, 3.8) is 0 Å². The third-order valence-electron chi connectivity index (χ3n) is 6.58. The molecule has 2 heterocycles. The smallest absolute Gasteiger partial charge is 0.471 e. The van der Waals surface area contributed by atoms with Gasteiger partial charge >= 0.3 is 24.0 Å². The Balaban J connectivity index is 1.73. The van der Waals surface area contributed by atoms with Crippen LogP contribution in [0.2, 0.25) is 0 Å². The van der Waals surface area contributed by atoms with Crippen molar-refractivity contribution < 1.29 is 47.4 Å². The molecule has 9 N–H and O–H groups in total. The molecule has 17 nitrogen and oxygen atoms in total. The zero-order valence-corrected chi connectivity index (χ0v) is 24.4. The standard InChI is InChI=1S/C27H30F3N9O8/c28-27(29,30)25(47)39(12-14-11-33-20-19(34-14)22(42)38-26(32)37-20)15-6-4-13(5-7-15)21(41)36-17(24(45)46)8-9-18(40)35-16(23(43)44)3-1-2-10-31/h4-7,11,16-17H,1-3,8-10,12,31H2,(H,35,40)(H,36,41)(H,43,44)(H,45,46)(H3,32,33,37,38,42). The molecule has 20 heteroatoms. The summed E-state index contributed by atoms with van der Waals surface area (Å²) in [7, 11) is 0. The number of carbonyl (C=O) groups excluding carboxylic acids is 3. The maximum absolute atomic E-state index is 13.5. The number of carboxylic acids is 2. The molecule has 2 unspecified atom stereocenters. The third kappa shape index (κ3) is 9.91. The fraction of sp³-hybridized carbons (Fsp3) is 0.370. The average molecular weight is 666 g/mol. The Bertz CT molecular complexity index is 1700. The van der Waals surface area contributed by atoms with E-state index in [1.165, 1.54) is 0 Å². The van der Waals surface area contributed by atoms with Crippen LogP contribution in [0.1, 0.15) is 48.2 Å². The number of nitrogen functional groups attached to an aromatic ring is 1. The molecular formula is C27H30F3N9O8. The van der Waals surface area contributed by atoms with E-state index in [2.05, 4.69) is 30.6 Å². The second kappa shape index (κ2) is 15.6. The number of aromatic nitrogens is 4. The van der Waals surface area contributed by atoms with Gasteiger partial charge in [0.05, 0.1) is 18.4 Å². The van der Waals surface area contributed by atoms with Gasteiger partial charge in [0.2, 0.25) is 11.9 Å². The maximum Gasteiger partial charge on any atom is 0.471 e. The van der Waals surface area contributed by atoms with Gasteiger partial charge in [0.25, 0.3) is 11.5 Å². The maximum atomic E-state index is 13.5. The van der Waals surface area contributed by atoms with Crippen LogP contribution in [0.4, 0.5) is 24.8 Å². The van der Waals surface area contributed by atoms with Gasteiger partial charge in [-0.1, -0.05) is 0 Å². The molecule has 3 amide bonds. The molecule has 0 spiro atoms. The number of halogens is 3. The number of benzene rings is 1. The van der Waals surface area contributed by atoms with Crippen molar-refractivity contribution in [3.8, 4) is 0 Å². The molecule has 0 saturated heterocycles. The lowest BCUT2D eigenvalue weighted by atomic mass is 10.1. The fourth-order valence-electron chi connectivity index (χ4n) is 4.23. The predicted molar refractivity (Wildman–Crippen MR) is 157 cm³/mol. The topological polar surface area (TPSA) is 277 Å². The molecule has 0 aliphatic rings. The van der Waals surface area contributed by atoms with Crippen molar-refractivity contribution in [1.29, 1.82) is 0 Å². The molecule has 0 aliphatic heterocycles. The number of aromatic amines is 1. The summed E-state index contributed by atoms with van der Waals surface area (Å²) in [4.78, 5) is 86.7. The molecule has 47 heavy (non-hydrogen) atoms. The number of unbranched alkanes of at least 4 members (excludes halogenated alkanes) is 1. The van der Waals surface area contributed by atoms with Crippen molar-refractivity contribution in [2.45, 2.75) is 56.9 Å². The van der Waals surface area contributed by atoms with E-state index in [1.54, 1.807) is 0 Å². The number of fused-ring (bicyclic) bond motifs is 1. The number of nitrogens with two attached hydrogens (primary N) is 2. The minimum atomic E-state index is -5.33. The van der Waals surface area contributed by atoms with Crippen LogP contribution >= 0.6 is 0 Å². The van der Waals surface area contributed by atoms with E-state index in [9.17, 15) is 52.2 Å². The fourth-order valence-corrected chi connectivity index (χ4v) is 4.23. The Kier molecular flexibility index (Phi) is 11.9. The summed E-state index contributed by atoms with van der Waals surface area (Å²) >= 11 is 0. The molecule has 0 bridgehead atoms. The first-order chi connectivity index (χ1) is 22.1. The number of aliphatic carboxylic acids is 2. The SMILES string of the molecule is NCCCCC(NC(=O)CCC(NC(=O)c1ccc(N(Cc2cnc3nc(N)[nH]c(=O)c3n2)C(=O)C(F)(F)F)cc1)C(=O)O)C(=O)O. The molecule has 0 fully saturated rings. The summed E-state index contributed by atoms with van der Waals surface area (Å²) < 4.78 is 40.5. The molecule has 0 aliphatic carbocycles. The van der Waals surface area contributed by atoms with Crippen LogP contribution in [-0.4, -0.2) is 84.6 Å². The molecule has 0 saturated carbocycles. The normalized spacial score (nSPS) is 12.6. The van der Waals surface area contributed by atoms with Gasteiger partial charge < -0.3 is 32.3 Å². The number of hydrogen-bond acceptors (Lipinski definition) is 11. The Morgan fingerprint density at radius 2 is 1.60 bits per heavy atom. The van der Waals surface area contributed by atoms with E-state index >= 15 is 0 Å². The summed E-state index contributed by atoms with van der Waals surface area (Å²) in [6.45, 7) is -0.457. The lowest BCUT2D eigenvalue weighted by Gasteiger charge is -2.24. The van der Waals surface area contributed by atoms with Crippen LogP contribution in [0.5, 0.6) is 0 Å². The Labute approximate surface area is 262 Å². The summed E-state index contributed by atoms with van der Waals surface area (Å²) in [6.07, 6.45) is -4.09. The second-order valence-corrected chi connectivity index (χ2v) is 10.1. The summed E-state index contributed by atoms with van der Waals surface area (Å²) in [5, 5.41) is 23.3. The number of hydrogen-bond donors (Lipinski definition) is 7. The first-order valence-corrected chi connectivity index (χ1v) is 13.9. The molecule has 252 valence electrons. The predicted octanol–water partition coefficient (Wildman–Crippen LogP) is 0.0524.